The van der Waals surface area contributed by atoms with Crippen LogP contribution in [0.15, 0.2) is 70.2 Å². The monoisotopic (exact) mass is 476 g/mol. The lowest BCUT2D eigenvalue weighted by Crippen LogP contribution is -2.19. The number of hydrogen-bond acceptors (Lipinski definition) is 4. The number of hydrogen-bond donors (Lipinski definition) is 2. The first-order valence-corrected chi connectivity index (χ1v) is 10.5. The number of benzene rings is 2. The minimum Gasteiger partial charge on any atom is -0.272 e. The van der Waals surface area contributed by atoms with E-state index in [2.05, 4.69) is 41.8 Å². The van der Waals surface area contributed by atoms with Gasteiger partial charge in [-0.15, -0.1) is 0 Å². The van der Waals surface area contributed by atoms with Crippen molar-refractivity contribution in [3.63, 3.8) is 0 Å². The summed E-state index contributed by atoms with van der Waals surface area (Å²) < 4.78 is 2.87. The molecule has 4 aromatic rings. The largest absolute Gasteiger partial charge is 0.289 e. The quantitative estimate of drug-likeness (QED) is 0.320. The number of carbonyl (C=O) groups is 1. The molecule has 0 fully saturated rings. The summed E-state index contributed by atoms with van der Waals surface area (Å²) in [6, 6.07) is 19.3. The fourth-order valence-corrected chi connectivity index (χ4v) is 3.61. The second-order valence-corrected chi connectivity index (χ2v) is 8.02. The lowest BCUT2D eigenvalue weighted by molar-refractivity contribution is 0.0950. The zero-order chi connectivity index (χ0) is 22.0. The van der Waals surface area contributed by atoms with Crippen LogP contribution in [0.25, 0.3) is 16.9 Å². The first-order chi connectivity index (χ1) is 14.9. The number of hydrazone groups is 1. The molecule has 2 heterocycles. The third-order valence-electron chi connectivity index (χ3n) is 4.96. The maximum absolute atomic E-state index is 12.6. The van der Waals surface area contributed by atoms with E-state index in [0.29, 0.717) is 17.1 Å². The van der Waals surface area contributed by atoms with E-state index in [0.717, 1.165) is 32.7 Å². The van der Waals surface area contributed by atoms with E-state index in [9.17, 15) is 4.79 Å². The number of halogens is 1. The van der Waals surface area contributed by atoms with Gasteiger partial charge in [-0.3, -0.25) is 9.89 Å². The molecule has 0 aliphatic rings. The van der Waals surface area contributed by atoms with Crippen LogP contribution < -0.4 is 5.43 Å². The fourth-order valence-electron chi connectivity index (χ4n) is 3.35. The zero-order valence-corrected chi connectivity index (χ0v) is 18.9. The summed E-state index contributed by atoms with van der Waals surface area (Å²) in [5.41, 5.74) is 8.86. The van der Waals surface area contributed by atoms with Crippen molar-refractivity contribution < 1.29 is 4.79 Å². The number of nitrogens with one attached hydrogen (secondary N) is 2. The molecule has 0 unspecified atom stereocenters. The van der Waals surface area contributed by atoms with Crippen molar-refractivity contribution in [2.75, 3.05) is 0 Å². The molecule has 1 amide bonds. The van der Waals surface area contributed by atoms with Crippen LogP contribution in [0.1, 0.15) is 34.4 Å². The van der Waals surface area contributed by atoms with Gasteiger partial charge in [0.05, 0.1) is 28.5 Å². The Morgan fingerprint density at radius 1 is 1.10 bits per heavy atom. The Morgan fingerprint density at radius 3 is 2.52 bits per heavy atom. The van der Waals surface area contributed by atoms with E-state index < -0.39 is 0 Å². The van der Waals surface area contributed by atoms with Crippen molar-refractivity contribution in [3.8, 4) is 16.9 Å². The predicted octanol–water partition coefficient (Wildman–Crippen LogP) is 4.80. The second-order valence-electron chi connectivity index (χ2n) is 7.11. The summed E-state index contributed by atoms with van der Waals surface area (Å²) in [4.78, 5) is 12.6. The van der Waals surface area contributed by atoms with Crippen molar-refractivity contribution in [3.05, 3.63) is 87.8 Å². The molecule has 0 bridgehead atoms. The molecule has 4 rings (SSSR count). The molecule has 2 N–H and O–H groups in total. The highest BCUT2D eigenvalue weighted by molar-refractivity contribution is 9.10. The molecule has 0 saturated carbocycles. The standard InChI is InChI=1S/C23H21BrN6O/c1-14(17-9-11-18(24)12-10-17)25-28-23(31)21-13-20(26-27-21)22-15(2)29-30(16(22)3)19-7-5-4-6-8-19/h4-13H,1-3H3,(H,26,27)(H,28,31). The molecular weight excluding hydrogens is 456 g/mol. The molecule has 2 aromatic heterocycles. The van der Waals surface area contributed by atoms with Gasteiger partial charge in [0.1, 0.15) is 5.69 Å². The Labute approximate surface area is 188 Å². The lowest BCUT2D eigenvalue weighted by atomic mass is 10.1. The number of rotatable bonds is 5. The smallest absolute Gasteiger partial charge is 0.272 e. The SMILES string of the molecule is CC(=NNC(=O)c1cc(-c2c(C)nn(-c3ccccc3)c2C)n[nH]1)c1ccc(Br)cc1. The number of nitrogens with zero attached hydrogens (tertiary/aromatic N) is 4. The first kappa shape index (κ1) is 20.7. The molecule has 0 spiro atoms. The highest BCUT2D eigenvalue weighted by Crippen LogP contribution is 2.27. The maximum Gasteiger partial charge on any atom is 0.289 e. The molecule has 8 heteroatoms. The summed E-state index contributed by atoms with van der Waals surface area (Å²) in [6.45, 7) is 5.76. The molecule has 0 radical (unpaired) electrons. The number of carbonyl (C=O) groups excluding carboxylic acids is 1. The number of amides is 1. The van der Waals surface area contributed by atoms with Crippen LogP contribution in [-0.4, -0.2) is 31.6 Å². The number of para-hydroxylation sites is 1. The van der Waals surface area contributed by atoms with Crippen LogP contribution in [0.4, 0.5) is 0 Å². The van der Waals surface area contributed by atoms with Gasteiger partial charge in [0.25, 0.3) is 5.91 Å². The van der Waals surface area contributed by atoms with Crippen molar-refractivity contribution >= 4 is 27.5 Å². The van der Waals surface area contributed by atoms with Crippen LogP contribution in [0.3, 0.4) is 0 Å². The van der Waals surface area contributed by atoms with E-state index >= 15 is 0 Å². The first-order valence-electron chi connectivity index (χ1n) is 9.72. The van der Waals surface area contributed by atoms with E-state index in [4.69, 9.17) is 0 Å². The van der Waals surface area contributed by atoms with Gasteiger partial charge in [-0.25, -0.2) is 10.1 Å². The van der Waals surface area contributed by atoms with E-state index in [-0.39, 0.29) is 5.91 Å². The van der Waals surface area contributed by atoms with Crippen LogP contribution >= 0.6 is 15.9 Å². The summed E-state index contributed by atoms with van der Waals surface area (Å²) in [5.74, 6) is -0.360. The van der Waals surface area contributed by atoms with Gasteiger partial charge in [-0.1, -0.05) is 46.3 Å². The van der Waals surface area contributed by atoms with Crippen molar-refractivity contribution in [1.29, 1.82) is 0 Å². The molecule has 0 aliphatic heterocycles. The van der Waals surface area contributed by atoms with E-state index in [1.807, 2.05) is 80.1 Å². The predicted molar refractivity (Wildman–Crippen MR) is 124 cm³/mol. The minimum absolute atomic E-state index is 0.327. The Bertz CT molecular complexity index is 1260. The summed E-state index contributed by atoms with van der Waals surface area (Å²) in [5, 5.41) is 16.0. The molecule has 0 saturated heterocycles. The van der Waals surface area contributed by atoms with E-state index in [1.165, 1.54) is 0 Å². The highest BCUT2D eigenvalue weighted by Gasteiger charge is 2.19. The van der Waals surface area contributed by atoms with Gasteiger partial charge in [0, 0.05) is 10.0 Å². The maximum atomic E-state index is 12.6. The van der Waals surface area contributed by atoms with Gasteiger partial charge >= 0.3 is 0 Å². The molecule has 2 aromatic carbocycles. The van der Waals surface area contributed by atoms with Crippen molar-refractivity contribution in [1.82, 2.24) is 25.4 Å². The highest BCUT2D eigenvalue weighted by atomic mass is 79.9. The van der Waals surface area contributed by atoms with Gasteiger partial charge in [-0.05, 0) is 56.7 Å². The third-order valence-corrected chi connectivity index (χ3v) is 5.49. The minimum atomic E-state index is -0.360. The van der Waals surface area contributed by atoms with Crippen molar-refractivity contribution in [2.45, 2.75) is 20.8 Å². The van der Waals surface area contributed by atoms with Crippen molar-refractivity contribution in [2.24, 2.45) is 5.10 Å². The van der Waals surface area contributed by atoms with E-state index in [1.54, 1.807) is 6.07 Å². The fraction of sp³-hybridized carbons (Fsp3) is 0.130. The summed E-state index contributed by atoms with van der Waals surface area (Å²) >= 11 is 3.41. The van der Waals surface area contributed by atoms with Crippen LogP contribution in [-0.2, 0) is 0 Å². The molecule has 0 aliphatic carbocycles. The molecular formula is C23H21BrN6O. The number of aromatic nitrogens is 4. The average molecular weight is 477 g/mol. The number of aryl methyl sites for hydroxylation is 1. The average Bonchev–Trinajstić information content (AvgIpc) is 3.37. The Morgan fingerprint density at radius 2 is 1.81 bits per heavy atom. The van der Waals surface area contributed by atoms with Crippen LogP contribution in [0.2, 0.25) is 0 Å². The van der Waals surface area contributed by atoms with Gasteiger partial charge in [0.2, 0.25) is 0 Å². The topological polar surface area (TPSA) is 88.0 Å². The Hall–Kier alpha value is -3.52. The molecule has 7 nitrogen and oxygen atoms in total. The van der Waals surface area contributed by atoms with Gasteiger partial charge < -0.3 is 0 Å². The molecule has 156 valence electrons. The van der Waals surface area contributed by atoms with Gasteiger partial charge in [-0.2, -0.15) is 15.3 Å². The zero-order valence-electron chi connectivity index (χ0n) is 17.3. The number of aromatic amines is 1. The second kappa shape index (κ2) is 8.69. The molecule has 0 atom stereocenters. The Balaban J connectivity index is 1.54. The number of H-pyrrole nitrogens is 1. The summed E-state index contributed by atoms with van der Waals surface area (Å²) in [6.07, 6.45) is 0. The van der Waals surface area contributed by atoms with Gasteiger partial charge in [0.15, 0.2) is 0 Å². The molecule has 31 heavy (non-hydrogen) atoms. The lowest BCUT2D eigenvalue weighted by Gasteiger charge is -2.04. The van der Waals surface area contributed by atoms with Crippen LogP contribution in [0.5, 0.6) is 0 Å². The normalized spacial score (nSPS) is 11.5. The Kier molecular flexibility index (Phi) is 5.81. The summed E-state index contributed by atoms with van der Waals surface area (Å²) in [7, 11) is 0. The third kappa shape index (κ3) is 4.34. The van der Waals surface area contributed by atoms with Crippen LogP contribution in [0, 0.1) is 13.8 Å².